The molecule has 0 amide bonds. The second kappa shape index (κ2) is 14.1. The predicted molar refractivity (Wildman–Crippen MR) is 239 cm³/mol. The van der Waals surface area contributed by atoms with Crippen LogP contribution in [0.15, 0.2) is 221 Å². The van der Waals surface area contributed by atoms with Crippen LogP contribution in [0.4, 0.5) is 0 Å². The van der Waals surface area contributed by atoms with Gasteiger partial charge in [0.15, 0.2) is 5.58 Å². The van der Waals surface area contributed by atoms with Gasteiger partial charge in [-0.2, -0.15) is 0 Å². The van der Waals surface area contributed by atoms with Crippen molar-refractivity contribution in [3.8, 4) is 78.2 Å². The van der Waals surface area contributed by atoms with Crippen molar-refractivity contribution >= 4 is 33.0 Å². The zero-order valence-corrected chi connectivity index (χ0v) is 31.5. The van der Waals surface area contributed by atoms with Crippen molar-refractivity contribution in [2.24, 2.45) is 0 Å². The van der Waals surface area contributed by atoms with Crippen molar-refractivity contribution in [1.29, 1.82) is 0 Å². The lowest BCUT2D eigenvalue weighted by atomic mass is 9.95. The number of nitrogens with zero attached hydrogens (tertiary/aromatic N) is 1. The zero-order valence-electron chi connectivity index (χ0n) is 31.5. The molecule has 11 aromatic rings. The van der Waals surface area contributed by atoms with Gasteiger partial charge in [-0.1, -0.05) is 188 Å². The van der Waals surface area contributed by atoms with Gasteiger partial charge >= 0.3 is 0 Å². The molecule has 272 valence electrons. The van der Waals surface area contributed by atoms with E-state index in [2.05, 4.69) is 194 Å². The number of fused-ring (bicyclic) bond motifs is 4. The predicted octanol–water partition coefficient (Wildman–Crippen LogP) is 15.4. The molecule has 0 aliphatic rings. The first-order valence-corrected chi connectivity index (χ1v) is 19.6. The van der Waals surface area contributed by atoms with Crippen LogP contribution < -0.4 is 0 Å². The number of benzene rings is 9. The number of hydrogen-bond acceptors (Lipinski definition) is 3. The van der Waals surface area contributed by atoms with E-state index in [1.54, 1.807) is 0 Å². The van der Waals surface area contributed by atoms with Gasteiger partial charge in [-0.15, -0.1) is 0 Å². The van der Waals surface area contributed by atoms with Crippen molar-refractivity contribution < 1.29 is 8.83 Å². The molecule has 58 heavy (non-hydrogen) atoms. The Morgan fingerprint density at radius 3 is 1.19 bits per heavy atom. The summed E-state index contributed by atoms with van der Waals surface area (Å²) in [5, 5.41) is 2.21. The molecule has 0 atom stereocenters. The van der Waals surface area contributed by atoms with E-state index >= 15 is 0 Å². The second-order valence-corrected chi connectivity index (χ2v) is 14.7. The van der Waals surface area contributed by atoms with E-state index in [0.717, 1.165) is 83.1 Å². The van der Waals surface area contributed by atoms with Crippen LogP contribution in [0.5, 0.6) is 0 Å². The molecule has 0 bridgehead atoms. The highest BCUT2D eigenvalue weighted by Gasteiger charge is 2.18. The Bertz CT molecular complexity index is 3220. The average Bonchev–Trinajstić information content (AvgIpc) is 3.92. The molecule has 0 saturated carbocycles. The van der Waals surface area contributed by atoms with Gasteiger partial charge in [-0.3, -0.25) is 0 Å². The lowest BCUT2D eigenvalue weighted by molar-refractivity contribution is 0.620. The normalized spacial score (nSPS) is 11.4. The van der Waals surface area contributed by atoms with Gasteiger partial charge in [0.05, 0.1) is 0 Å². The molecule has 0 fully saturated rings. The number of furan rings is 1. The minimum Gasteiger partial charge on any atom is -0.455 e. The van der Waals surface area contributed by atoms with Gasteiger partial charge < -0.3 is 8.83 Å². The first kappa shape index (κ1) is 33.6. The van der Waals surface area contributed by atoms with Crippen molar-refractivity contribution in [2.75, 3.05) is 0 Å². The van der Waals surface area contributed by atoms with E-state index in [0.29, 0.717) is 5.89 Å². The largest absolute Gasteiger partial charge is 0.455 e. The Hall–Kier alpha value is -7.75. The molecule has 11 rings (SSSR count). The maximum atomic E-state index is 6.71. The molecule has 0 aliphatic carbocycles. The smallest absolute Gasteiger partial charge is 0.227 e. The Labute approximate surface area is 336 Å². The van der Waals surface area contributed by atoms with E-state index in [1.807, 2.05) is 18.2 Å². The summed E-state index contributed by atoms with van der Waals surface area (Å²) in [6.45, 7) is 0. The minimum atomic E-state index is 0.578. The highest BCUT2D eigenvalue weighted by molar-refractivity contribution is 6.13. The van der Waals surface area contributed by atoms with Crippen molar-refractivity contribution in [2.45, 2.75) is 0 Å². The van der Waals surface area contributed by atoms with Crippen LogP contribution in [0.25, 0.3) is 111 Å². The molecule has 2 aromatic heterocycles. The van der Waals surface area contributed by atoms with Gasteiger partial charge in [0.2, 0.25) is 5.89 Å². The summed E-state index contributed by atoms with van der Waals surface area (Å²) in [7, 11) is 0. The first-order valence-electron chi connectivity index (χ1n) is 19.6. The number of aromatic nitrogens is 1. The van der Waals surface area contributed by atoms with Crippen LogP contribution in [0.2, 0.25) is 0 Å². The second-order valence-electron chi connectivity index (χ2n) is 14.7. The average molecular weight is 742 g/mol. The Balaban J connectivity index is 0.984. The van der Waals surface area contributed by atoms with E-state index in [-0.39, 0.29) is 0 Å². The van der Waals surface area contributed by atoms with E-state index < -0.39 is 0 Å². The van der Waals surface area contributed by atoms with E-state index in [1.165, 1.54) is 22.3 Å². The van der Waals surface area contributed by atoms with Crippen molar-refractivity contribution in [3.63, 3.8) is 0 Å². The summed E-state index contributed by atoms with van der Waals surface area (Å²) in [5.74, 6) is 0.578. The molecule has 0 aliphatic heterocycles. The summed E-state index contributed by atoms with van der Waals surface area (Å²) in [6.07, 6.45) is 0. The lowest BCUT2D eigenvalue weighted by Gasteiger charge is -2.09. The van der Waals surface area contributed by atoms with Crippen molar-refractivity contribution in [3.05, 3.63) is 212 Å². The third kappa shape index (κ3) is 5.98. The number of oxazole rings is 1. The Morgan fingerprint density at radius 1 is 0.276 bits per heavy atom. The fourth-order valence-electron chi connectivity index (χ4n) is 8.18. The number of hydrogen-bond donors (Lipinski definition) is 0. The molecule has 9 aromatic carbocycles. The fraction of sp³-hybridized carbons (Fsp3) is 0. The van der Waals surface area contributed by atoms with Gasteiger partial charge in [-0.05, 0) is 74.3 Å². The molecule has 0 saturated heterocycles. The molecular formula is C55H35NO2. The van der Waals surface area contributed by atoms with Gasteiger partial charge in [0.25, 0.3) is 0 Å². The lowest BCUT2D eigenvalue weighted by Crippen LogP contribution is -1.86. The summed E-state index contributed by atoms with van der Waals surface area (Å²) < 4.78 is 13.4. The standard InChI is InChI=1S/C55H35NO2/c1-4-12-36(13-5-1)38-22-24-40(25-23-38)45-34-50(43-28-26-39(27-29-43)37-14-6-2-7-15-37)52-51(35-45)57-55(56-52)44-32-30-42(31-33-44)47-19-11-21-49-48-20-10-18-46(53(48)58-54(47)49)41-16-8-3-9-17-41/h1-35H. The van der Waals surface area contributed by atoms with Gasteiger partial charge in [0.1, 0.15) is 16.7 Å². The van der Waals surface area contributed by atoms with Crippen LogP contribution in [0, 0.1) is 0 Å². The molecule has 3 heteroatoms. The van der Waals surface area contributed by atoms with Crippen LogP contribution >= 0.6 is 0 Å². The minimum absolute atomic E-state index is 0.578. The highest BCUT2D eigenvalue weighted by Crippen LogP contribution is 2.41. The van der Waals surface area contributed by atoms with Crippen LogP contribution in [0.3, 0.4) is 0 Å². The fourth-order valence-corrected chi connectivity index (χ4v) is 8.18. The molecule has 2 heterocycles. The highest BCUT2D eigenvalue weighted by atomic mass is 16.3. The number of para-hydroxylation sites is 2. The first-order chi connectivity index (χ1) is 28.7. The monoisotopic (exact) mass is 741 g/mol. The van der Waals surface area contributed by atoms with Gasteiger partial charge in [-0.25, -0.2) is 4.98 Å². The SMILES string of the molecule is c1ccc(-c2ccc(-c3cc(-c4ccc(-c5ccccc5)cc4)c4nc(-c5ccc(-c6cccc7c6oc6c(-c8ccccc8)cccc67)cc5)oc4c3)cc2)cc1. The maximum Gasteiger partial charge on any atom is 0.227 e. The van der Waals surface area contributed by atoms with Crippen LogP contribution in [0.1, 0.15) is 0 Å². The van der Waals surface area contributed by atoms with Gasteiger partial charge in [0, 0.05) is 33.0 Å². The topological polar surface area (TPSA) is 39.2 Å². The van der Waals surface area contributed by atoms with Crippen LogP contribution in [-0.2, 0) is 0 Å². The zero-order chi connectivity index (χ0) is 38.4. The Kier molecular flexibility index (Phi) is 8.15. The number of rotatable bonds is 7. The summed E-state index contributed by atoms with van der Waals surface area (Å²) in [6, 6.07) is 74.4. The third-order valence-electron chi connectivity index (χ3n) is 11.2. The molecule has 0 N–H and O–H groups in total. The van der Waals surface area contributed by atoms with E-state index in [4.69, 9.17) is 13.8 Å². The molecular weight excluding hydrogens is 707 g/mol. The van der Waals surface area contributed by atoms with E-state index in [9.17, 15) is 0 Å². The summed E-state index contributed by atoms with van der Waals surface area (Å²) in [5.41, 5.74) is 17.6. The third-order valence-corrected chi connectivity index (χ3v) is 11.2. The molecule has 0 radical (unpaired) electrons. The van der Waals surface area contributed by atoms with Crippen LogP contribution in [-0.4, -0.2) is 4.98 Å². The quantitative estimate of drug-likeness (QED) is 0.163. The molecule has 0 unspecified atom stereocenters. The van der Waals surface area contributed by atoms with Crippen molar-refractivity contribution in [1.82, 2.24) is 4.98 Å². The Morgan fingerprint density at radius 2 is 0.672 bits per heavy atom. The molecule has 3 nitrogen and oxygen atoms in total. The summed E-state index contributed by atoms with van der Waals surface area (Å²) >= 11 is 0. The maximum absolute atomic E-state index is 6.71. The molecule has 0 spiro atoms. The summed E-state index contributed by atoms with van der Waals surface area (Å²) in [4.78, 5) is 5.16.